The van der Waals surface area contributed by atoms with Gasteiger partial charge in [-0.3, -0.25) is 4.79 Å². The minimum atomic E-state index is -1.18. The highest BCUT2D eigenvalue weighted by Crippen LogP contribution is 2.35. The van der Waals surface area contributed by atoms with E-state index in [1.807, 2.05) is 18.2 Å². The molecule has 12 heteroatoms. The summed E-state index contributed by atoms with van der Waals surface area (Å²) < 4.78 is 30.8. The Morgan fingerprint density at radius 3 is 2.89 bits per heavy atom. The zero-order valence-electron chi connectivity index (χ0n) is 20.7. The highest BCUT2D eigenvalue weighted by atomic mass is 35.5. The molecule has 2 N–H and O–H groups in total. The number of likely N-dealkylation sites (N-methyl/N-ethyl adjacent to an activating group) is 1. The van der Waals surface area contributed by atoms with Gasteiger partial charge in [0, 0.05) is 24.8 Å². The first-order chi connectivity index (χ1) is 17.8. The average molecular weight is 533 g/mol. The number of carbonyl (C=O) groups is 1. The van der Waals surface area contributed by atoms with Gasteiger partial charge in [0.25, 0.3) is 0 Å². The van der Waals surface area contributed by atoms with E-state index in [1.165, 1.54) is 12.3 Å². The van der Waals surface area contributed by atoms with Crippen molar-refractivity contribution >= 4 is 40.5 Å². The lowest BCUT2D eigenvalue weighted by Crippen LogP contribution is -2.34. The lowest BCUT2D eigenvalue weighted by Gasteiger charge is -2.24. The largest absolute Gasteiger partial charge is 0.468 e. The first-order valence-electron chi connectivity index (χ1n) is 12.1. The van der Waals surface area contributed by atoms with E-state index in [-0.39, 0.29) is 36.0 Å². The van der Waals surface area contributed by atoms with Gasteiger partial charge >= 0.3 is 0 Å². The molecule has 1 aromatic carbocycles. The molecule has 0 saturated carbocycles. The Kier molecular flexibility index (Phi) is 7.47. The van der Waals surface area contributed by atoms with E-state index in [2.05, 4.69) is 51.1 Å². The third-order valence-electron chi connectivity index (χ3n) is 6.85. The Labute approximate surface area is 219 Å². The summed E-state index contributed by atoms with van der Waals surface area (Å²) in [6.45, 7) is 5.46. The minimum absolute atomic E-state index is 0.0204. The van der Waals surface area contributed by atoms with E-state index < -0.39 is 24.5 Å². The molecule has 4 heterocycles. The number of nitrogens with zero attached hydrogens (tertiary/aromatic N) is 4. The van der Waals surface area contributed by atoms with E-state index in [4.69, 9.17) is 25.8 Å². The first-order valence-corrected chi connectivity index (χ1v) is 12.5. The normalized spacial score (nSPS) is 26.8. The summed E-state index contributed by atoms with van der Waals surface area (Å²) in [4.78, 5) is 25.3. The zero-order valence-corrected chi connectivity index (χ0v) is 21.4. The molecule has 1 aromatic heterocycles. The second-order valence-electron chi connectivity index (χ2n) is 9.52. The summed E-state index contributed by atoms with van der Waals surface area (Å²) in [6.07, 6.45) is 0.829. The Balaban J connectivity index is 1.34. The number of alkyl halides is 1. The molecule has 0 spiro atoms. The van der Waals surface area contributed by atoms with Crippen molar-refractivity contribution in [2.24, 2.45) is 0 Å². The third-order valence-corrected chi connectivity index (χ3v) is 7.11. The molecule has 5 rings (SSSR count). The van der Waals surface area contributed by atoms with Crippen molar-refractivity contribution < 1.29 is 23.4 Å². The third kappa shape index (κ3) is 5.49. The van der Waals surface area contributed by atoms with Crippen molar-refractivity contribution in [3.8, 4) is 5.88 Å². The molecular weight excluding hydrogens is 503 g/mol. The van der Waals surface area contributed by atoms with Crippen molar-refractivity contribution in [2.75, 3.05) is 55.9 Å². The fraction of sp³-hybridized carbons (Fsp3) is 0.480. The summed E-state index contributed by atoms with van der Waals surface area (Å²) in [5, 5.41) is 6.25. The second kappa shape index (κ2) is 10.8. The molecule has 3 fully saturated rings. The molecule has 2 aromatic rings. The molecule has 37 heavy (non-hydrogen) atoms. The number of anilines is 4. The molecule has 5 atom stereocenters. The van der Waals surface area contributed by atoms with Crippen LogP contribution in [0.5, 0.6) is 5.88 Å². The number of rotatable bonds is 8. The highest BCUT2D eigenvalue weighted by Gasteiger charge is 2.49. The Bertz CT molecular complexity index is 1170. The lowest BCUT2D eigenvalue weighted by atomic mass is 10.1. The summed E-state index contributed by atoms with van der Waals surface area (Å²) >= 11 is 6.28. The van der Waals surface area contributed by atoms with Crippen LogP contribution in [0.25, 0.3) is 0 Å². The maximum atomic E-state index is 13.9. The standard InChI is InChI=1S/C25H30ClFN6O4/c1-4-21(34)30-18-9-14(5-6-19(18)33-8-7-15(11-33)32(2)3)29-25-28-10-16(26)24(31-25)37-20-13-36-22-17(27)12-35-23(20)22/h4-6,9-10,15,17,20,22-23H,1,7-8,11-13H2,2-3H3,(H,30,34)(H,28,29,31)/t15?,17-,20-,22-,23-/m0/s1. The molecule has 0 aliphatic carbocycles. The zero-order chi connectivity index (χ0) is 26.1. The topological polar surface area (TPSA) is 101 Å². The molecule has 10 nitrogen and oxygen atoms in total. The van der Waals surface area contributed by atoms with Crippen LogP contribution in [0.2, 0.25) is 5.02 Å². The molecule has 3 aliphatic rings. The number of nitrogens with one attached hydrogen (secondary N) is 2. The molecule has 1 amide bonds. The predicted octanol–water partition coefficient (Wildman–Crippen LogP) is 3.02. The quantitative estimate of drug-likeness (QED) is 0.497. The summed E-state index contributed by atoms with van der Waals surface area (Å²) in [5.74, 6) is 0.0815. The summed E-state index contributed by atoms with van der Waals surface area (Å²) in [7, 11) is 4.14. The van der Waals surface area contributed by atoms with Crippen molar-refractivity contribution in [3.63, 3.8) is 0 Å². The molecule has 0 bridgehead atoms. The Morgan fingerprint density at radius 2 is 2.14 bits per heavy atom. The van der Waals surface area contributed by atoms with Crippen LogP contribution in [0, 0.1) is 0 Å². The van der Waals surface area contributed by atoms with Gasteiger partial charge in [0.15, 0.2) is 12.3 Å². The Hall–Kier alpha value is -2.99. The van der Waals surface area contributed by atoms with E-state index in [0.29, 0.717) is 17.4 Å². The second-order valence-corrected chi connectivity index (χ2v) is 9.92. The monoisotopic (exact) mass is 532 g/mol. The van der Waals surface area contributed by atoms with Gasteiger partial charge in [-0.05, 0) is 44.8 Å². The first kappa shape index (κ1) is 25.7. The van der Waals surface area contributed by atoms with Crippen LogP contribution in [0.1, 0.15) is 6.42 Å². The number of hydrogen-bond donors (Lipinski definition) is 2. The van der Waals surface area contributed by atoms with Crippen molar-refractivity contribution in [1.29, 1.82) is 0 Å². The summed E-state index contributed by atoms with van der Waals surface area (Å²) in [6, 6.07) is 6.10. The van der Waals surface area contributed by atoms with Crippen LogP contribution >= 0.6 is 11.6 Å². The number of carbonyl (C=O) groups excluding carboxylic acids is 1. The van der Waals surface area contributed by atoms with Crippen LogP contribution < -0.4 is 20.3 Å². The van der Waals surface area contributed by atoms with E-state index in [0.717, 1.165) is 25.2 Å². The number of benzene rings is 1. The fourth-order valence-electron chi connectivity index (χ4n) is 4.84. The van der Waals surface area contributed by atoms with Gasteiger partial charge in [-0.2, -0.15) is 4.98 Å². The van der Waals surface area contributed by atoms with Gasteiger partial charge in [0.1, 0.15) is 17.2 Å². The maximum absolute atomic E-state index is 13.9. The smallest absolute Gasteiger partial charge is 0.247 e. The number of fused-ring (bicyclic) bond motifs is 1. The number of amides is 1. The van der Waals surface area contributed by atoms with Gasteiger partial charge < -0.3 is 34.6 Å². The van der Waals surface area contributed by atoms with E-state index in [9.17, 15) is 9.18 Å². The van der Waals surface area contributed by atoms with Gasteiger partial charge in [-0.15, -0.1) is 0 Å². The fourth-order valence-corrected chi connectivity index (χ4v) is 4.98. The van der Waals surface area contributed by atoms with E-state index >= 15 is 0 Å². The van der Waals surface area contributed by atoms with Crippen molar-refractivity contribution in [1.82, 2.24) is 14.9 Å². The molecule has 1 unspecified atom stereocenters. The van der Waals surface area contributed by atoms with Crippen molar-refractivity contribution in [2.45, 2.75) is 36.9 Å². The van der Waals surface area contributed by atoms with Gasteiger partial charge in [0.2, 0.25) is 17.7 Å². The lowest BCUT2D eigenvalue weighted by molar-refractivity contribution is -0.111. The molecular formula is C25H30ClFN6O4. The number of aromatic nitrogens is 2. The van der Waals surface area contributed by atoms with Crippen molar-refractivity contribution in [3.05, 3.63) is 42.1 Å². The maximum Gasteiger partial charge on any atom is 0.247 e. The van der Waals surface area contributed by atoms with Gasteiger partial charge in [0.05, 0.1) is 30.8 Å². The Morgan fingerprint density at radius 1 is 1.32 bits per heavy atom. The average Bonchev–Trinajstić information content (AvgIpc) is 3.60. The molecule has 3 aliphatic heterocycles. The molecule has 3 saturated heterocycles. The molecule has 198 valence electrons. The van der Waals surface area contributed by atoms with Gasteiger partial charge in [-0.25, -0.2) is 9.37 Å². The van der Waals surface area contributed by atoms with Crippen LogP contribution in [0.3, 0.4) is 0 Å². The highest BCUT2D eigenvalue weighted by molar-refractivity contribution is 6.31. The van der Waals surface area contributed by atoms with E-state index in [1.54, 1.807) is 0 Å². The SMILES string of the molecule is C=CC(=O)Nc1cc(Nc2ncc(Cl)c(O[C@H]3CO[C@@H]4[C@H]3OC[C@@H]4F)n2)ccc1N1CCC(N(C)C)C1. The van der Waals surface area contributed by atoms with Crippen LogP contribution in [-0.4, -0.2) is 91.7 Å². The number of halogens is 2. The number of hydrogen-bond acceptors (Lipinski definition) is 9. The predicted molar refractivity (Wildman–Crippen MR) is 139 cm³/mol. The molecule has 0 radical (unpaired) electrons. The van der Waals surface area contributed by atoms with Crippen LogP contribution in [0.4, 0.5) is 27.4 Å². The van der Waals surface area contributed by atoms with Crippen LogP contribution in [-0.2, 0) is 14.3 Å². The minimum Gasteiger partial charge on any atom is -0.468 e. The van der Waals surface area contributed by atoms with Gasteiger partial charge in [-0.1, -0.05) is 18.2 Å². The summed E-state index contributed by atoms with van der Waals surface area (Å²) in [5.41, 5.74) is 2.22. The number of ether oxygens (including phenoxy) is 3. The van der Waals surface area contributed by atoms with Crippen LogP contribution in [0.15, 0.2) is 37.1 Å².